The first-order valence-corrected chi connectivity index (χ1v) is 8.26. The molecule has 0 saturated carbocycles. The van der Waals surface area contributed by atoms with Gasteiger partial charge in [-0.3, -0.25) is 9.59 Å². The van der Waals surface area contributed by atoms with Crippen LogP contribution in [-0.4, -0.2) is 30.1 Å². The predicted molar refractivity (Wildman–Crippen MR) is 97.4 cm³/mol. The van der Waals surface area contributed by atoms with Crippen molar-refractivity contribution in [3.63, 3.8) is 0 Å². The molecule has 0 atom stereocenters. The number of carbonyl (C=O) groups is 3. The van der Waals surface area contributed by atoms with E-state index in [4.69, 9.17) is 9.47 Å². The Morgan fingerprint density at radius 3 is 2.52 bits per heavy atom. The van der Waals surface area contributed by atoms with Gasteiger partial charge in [0, 0.05) is 12.8 Å². The summed E-state index contributed by atoms with van der Waals surface area (Å²) in [6.07, 6.45) is 0.338. The number of hydrogen-bond donors (Lipinski definition) is 2. The number of nitrogens with zero attached hydrogens (tertiary/aromatic N) is 1. The third-order valence-electron chi connectivity index (χ3n) is 3.61. The molecule has 0 aliphatic carbocycles. The van der Waals surface area contributed by atoms with Crippen LogP contribution in [0.4, 0.5) is 5.69 Å². The first-order valence-electron chi connectivity index (χ1n) is 8.26. The number of carbonyl (C=O) groups excluding carboxylic acids is 3. The number of hydrogen-bond acceptors (Lipinski definition) is 6. The number of nitrogens with one attached hydrogen (secondary N) is 2. The molecule has 8 nitrogen and oxygen atoms in total. The molecule has 27 heavy (non-hydrogen) atoms. The molecule has 2 amide bonds. The molecule has 1 heterocycles. The number of para-hydroxylation sites is 3. The van der Waals surface area contributed by atoms with Crippen LogP contribution in [0.5, 0.6) is 11.5 Å². The summed E-state index contributed by atoms with van der Waals surface area (Å²) in [6, 6.07) is 16.1. The number of anilines is 1. The normalized spacial score (nSPS) is 13.2. The number of rotatable bonds is 6. The molecule has 1 aliphatic rings. The van der Waals surface area contributed by atoms with E-state index in [-0.39, 0.29) is 24.5 Å². The van der Waals surface area contributed by atoms with Crippen LogP contribution in [0.3, 0.4) is 0 Å². The SMILES string of the molecule is O=C1CCC(C(=O)OCC(=O)Nc2ccccc2Oc2ccccc2)=NN1. The Bertz CT molecular complexity index is 880. The maximum absolute atomic E-state index is 12.1. The number of hydrazone groups is 1. The third kappa shape index (κ3) is 5.15. The highest BCUT2D eigenvalue weighted by Gasteiger charge is 2.20. The van der Waals surface area contributed by atoms with Crippen LogP contribution in [0, 0.1) is 0 Å². The van der Waals surface area contributed by atoms with Crippen molar-refractivity contribution < 1.29 is 23.9 Å². The van der Waals surface area contributed by atoms with Crippen molar-refractivity contribution in [1.29, 1.82) is 0 Å². The van der Waals surface area contributed by atoms with Gasteiger partial charge in [0.2, 0.25) is 5.91 Å². The van der Waals surface area contributed by atoms with Crippen molar-refractivity contribution >= 4 is 29.2 Å². The minimum Gasteiger partial charge on any atom is -0.455 e. The fourth-order valence-corrected chi connectivity index (χ4v) is 2.30. The van der Waals surface area contributed by atoms with Gasteiger partial charge in [-0.05, 0) is 24.3 Å². The highest BCUT2D eigenvalue weighted by molar-refractivity contribution is 6.37. The predicted octanol–water partition coefficient (Wildman–Crippen LogP) is 2.23. The first-order chi connectivity index (χ1) is 13.1. The van der Waals surface area contributed by atoms with E-state index in [0.717, 1.165) is 0 Å². The second-order valence-corrected chi connectivity index (χ2v) is 5.63. The molecule has 0 unspecified atom stereocenters. The molecule has 0 radical (unpaired) electrons. The Labute approximate surface area is 155 Å². The maximum atomic E-state index is 12.1. The summed E-state index contributed by atoms with van der Waals surface area (Å²) in [4.78, 5) is 35.0. The monoisotopic (exact) mass is 367 g/mol. The lowest BCUT2D eigenvalue weighted by atomic mass is 10.2. The second kappa shape index (κ2) is 8.61. The van der Waals surface area contributed by atoms with Gasteiger partial charge < -0.3 is 14.8 Å². The molecular formula is C19H17N3O5. The van der Waals surface area contributed by atoms with Crippen molar-refractivity contribution in [2.45, 2.75) is 12.8 Å². The largest absolute Gasteiger partial charge is 0.455 e. The summed E-state index contributed by atoms with van der Waals surface area (Å²) < 4.78 is 10.7. The maximum Gasteiger partial charge on any atom is 0.355 e. The topological polar surface area (TPSA) is 106 Å². The molecule has 0 fully saturated rings. The van der Waals surface area contributed by atoms with Crippen molar-refractivity contribution in [3.05, 3.63) is 54.6 Å². The molecule has 0 spiro atoms. The average molecular weight is 367 g/mol. The molecule has 0 aromatic heterocycles. The van der Waals surface area contributed by atoms with E-state index in [0.29, 0.717) is 17.2 Å². The summed E-state index contributed by atoms with van der Waals surface area (Å²) >= 11 is 0. The van der Waals surface area contributed by atoms with E-state index in [1.165, 1.54) is 0 Å². The van der Waals surface area contributed by atoms with E-state index in [9.17, 15) is 14.4 Å². The summed E-state index contributed by atoms with van der Waals surface area (Å²) in [7, 11) is 0. The van der Waals surface area contributed by atoms with Gasteiger partial charge >= 0.3 is 5.97 Å². The lowest BCUT2D eigenvalue weighted by molar-refractivity contribution is -0.140. The van der Waals surface area contributed by atoms with Crippen LogP contribution in [0.2, 0.25) is 0 Å². The smallest absolute Gasteiger partial charge is 0.355 e. The Balaban J connectivity index is 1.56. The molecule has 3 rings (SSSR count). The fourth-order valence-electron chi connectivity index (χ4n) is 2.30. The van der Waals surface area contributed by atoms with Gasteiger partial charge in [0.05, 0.1) is 5.69 Å². The lowest BCUT2D eigenvalue weighted by Gasteiger charge is -2.13. The molecule has 2 aromatic rings. The highest BCUT2D eigenvalue weighted by Crippen LogP contribution is 2.28. The molecule has 2 aromatic carbocycles. The minimum absolute atomic E-state index is 0.0789. The Hall–Kier alpha value is -3.68. The fraction of sp³-hybridized carbons (Fsp3) is 0.158. The van der Waals surface area contributed by atoms with Crippen LogP contribution in [0.15, 0.2) is 59.7 Å². The second-order valence-electron chi connectivity index (χ2n) is 5.63. The first kappa shape index (κ1) is 18.1. The summed E-state index contributed by atoms with van der Waals surface area (Å²) in [5, 5.41) is 6.27. The molecule has 2 N–H and O–H groups in total. The van der Waals surface area contributed by atoms with Crippen molar-refractivity contribution in [1.82, 2.24) is 5.43 Å². The zero-order valence-electron chi connectivity index (χ0n) is 14.3. The zero-order chi connectivity index (χ0) is 19.1. The van der Waals surface area contributed by atoms with Crippen LogP contribution >= 0.6 is 0 Å². The van der Waals surface area contributed by atoms with E-state index in [1.54, 1.807) is 36.4 Å². The summed E-state index contributed by atoms with van der Waals surface area (Å²) in [5.41, 5.74) is 2.73. The van der Waals surface area contributed by atoms with E-state index in [2.05, 4.69) is 15.8 Å². The Kier molecular flexibility index (Phi) is 5.78. The van der Waals surface area contributed by atoms with Gasteiger partial charge in [-0.15, -0.1) is 0 Å². The molecule has 0 bridgehead atoms. The molecule has 1 aliphatic heterocycles. The van der Waals surface area contributed by atoms with Gasteiger partial charge in [0.25, 0.3) is 5.91 Å². The number of esters is 1. The summed E-state index contributed by atoms with van der Waals surface area (Å²) in [5.74, 6) is -0.433. The van der Waals surface area contributed by atoms with Crippen LogP contribution < -0.4 is 15.5 Å². The van der Waals surface area contributed by atoms with Crippen LogP contribution in [0.1, 0.15) is 12.8 Å². The number of benzene rings is 2. The molecule has 8 heteroatoms. The van der Waals surface area contributed by atoms with Crippen molar-refractivity contribution in [2.24, 2.45) is 5.10 Å². The third-order valence-corrected chi connectivity index (χ3v) is 3.61. The Morgan fingerprint density at radius 2 is 1.78 bits per heavy atom. The quantitative estimate of drug-likeness (QED) is 0.762. The Morgan fingerprint density at radius 1 is 1.04 bits per heavy atom. The van der Waals surface area contributed by atoms with Gasteiger partial charge in [-0.2, -0.15) is 5.10 Å². The number of amides is 2. The molecule has 138 valence electrons. The van der Waals surface area contributed by atoms with Gasteiger partial charge in [0.15, 0.2) is 12.4 Å². The average Bonchev–Trinajstić information content (AvgIpc) is 2.69. The van der Waals surface area contributed by atoms with E-state index in [1.807, 2.05) is 18.2 Å². The van der Waals surface area contributed by atoms with Crippen molar-refractivity contribution in [3.8, 4) is 11.5 Å². The van der Waals surface area contributed by atoms with Crippen LogP contribution in [-0.2, 0) is 19.1 Å². The van der Waals surface area contributed by atoms with E-state index >= 15 is 0 Å². The van der Waals surface area contributed by atoms with Crippen LogP contribution in [0.25, 0.3) is 0 Å². The zero-order valence-corrected chi connectivity index (χ0v) is 14.3. The van der Waals surface area contributed by atoms with Gasteiger partial charge in [-0.1, -0.05) is 30.3 Å². The molecule has 0 saturated heterocycles. The van der Waals surface area contributed by atoms with E-state index < -0.39 is 18.5 Å². The van der Waals surface area contributed by atoms with Gasteiger partial charge in [0.1, 0.15) is 11.5 Å². The number of ether oxygens (including phenoxy) is 2. The van der Waals surface area contributed by atoms with Crippen molar-refractivity contribution in [2.75, 3.05) is 11.9 Å². The summed E-state index contributed by atoms with van der Waals surface area (Å²) in [6.45, 7) is -0.481. The highest BCUT2D eigenvalue weighted by atomic mass is 16.5. The van der Waals surface area contributed by atoms with Gasteiger partial charge in [-0.25, -0.2) is 10.2 Å². The molecular weight excluding hydrogens is 350 g/mol. The standard InChI is InChI=1S/C19H17N3O5/c23-17-11-10-15(21-22-17)19(25)26-12-18(24)20-14-8-4-5-9-16(14)27-13-6-2-1-3-7-13/h1-9H,10-12H2,(H,20,24)(H,22,23). The minimum atomic E-state index is -0.737. The lowest BCUT2D eigenvalue weighted by Crippen LogP contribution is -2.32.